The van der Waals surface area contributed by atoms with Crippen molar-refractivity contribution in [1.82, 2.24) is 4.90 Å². The lowest BCUT2D eigenvalue weighted by Gasteiger charge is -2.40. The third-order valence-corrected chi connectivity index (χ3v) is 4.58. The number of amides is 1. The molecule has 3 rings (SSSR count). The molecule has 1 aliphatic rings. The van der Waals surface area contributed by atoms with Crippen LogP contribution < -0.4 is 9.47 Å². The van der Waals surface area contributed by atoms with E-state index >= 15 is 0 Å². The minimum Gasteiger partial charge on any atom is -0.487 e. The van der Waals surface area contributed by atoms with Crippen molar-refractivity contribution in [2.75, 3.05) is 6.54 Å². The van der Waals surface area contributed by atoms with Crippen LogP contribution in [0.3, 0.4) is 0 Å². The summed E-state index contributed by atoms with van der Waals surface area (Å²) in [7, 11) is 0. The number of likely N-dealkylation sites (tertiary alicyclic amines) is 1. The van der Waals surface area contributed by atoms with Crippen LogP contribution in [0.2, 0.25) is 10.0 Å². The molecule has 2 aromatic rings. The highest BCUT2D eigenvalue weighted by Gasteiger charge is 2.36. The number of hydrogen-bond donors (Lipinski definition) is 0. The fraction of sp³-hybridized carbons (Fsp3) is 0.381. The highest BCUT2D eigenvalue weighted by molar-refractivity contribution is 6.35. The highest BCUT2D eigenvalue weighted by Crippen LogP contribution is 2.29. The van der Waals surface area contributed by atoms with Crippen LogP contribution in [0.1, 0.15) is 32.8 Å². The summed E-state index contributed by atoms with van der Waals surface area (Å²) in [4.78, 5) is 13.8. The van der Waals surface area contributed by atoms with E-state index in [2.05, 4.69) is 0 Å². The van der Waals surface area contributed by atoms with Crippen LogP contribution in [0.5, 0.6) is 11.5 Å². The van der Waals surface area contributed by atoms with Crippen LogP contribution >= 0.6 is 23.2 Å². The van der Waals surface area contributed by atoms with Gasteiger partial charge in [-0.3, -0.25) is 4.90 Å². The van der Waals surface area contributed by atoms with Gasteiger partial charge in [-0.05, 0) is 56.7 Å². The number of rotatable bonds is 5. The molecule has 0 N–H and O–H groups in total. The Balaban J connectivity index is 1.58. The van der Waals surface area contributed by atoms with Gasteiger partial charge in [0, 0.05) is 18.0 Å². The van der Waals surface area contributed by atoms with Gasteiger partial charge < -0.3 is 14.2 Å². The number of carbonyl (C=O) groups is 1. The van der Waals surface area contributed by atoms with Crippen molar-refractivity contribution >= 4 is 29.3 Å². The lowest BCUT2D eigenvalue weighted by atomic mass is 10.1. The van der Waals surface area contributed by atoms with E-state index < -0.39 is 5.60 Å². The molecular weight excluding hydrogens is 401 g/mol. The fourth-order valence-electron chi connectivity index (χ4n) is 2.63. The van der Waals surface area contributed by atoms with Crippen molar-refractivity contribution < 1.29 is 19.0 Å². The summed E-state index contributed by atoms with van der Waals surface area (Å²) in [5.41, 5.74) is 0.392. The van der Waals surface area contributed by atoms with Crippen molar-refractivity contribution in [3.63, 3.8) is 0 Å². The molecule has 1 aliphatic heterocycles. The highest BCUT2D eigenvalue weighted by atomic mass is 35.5. The van der Waals surface area contributed by atoms with Crippen molar-refractivity contribution in [1.29, 1.82) is 0 Å². The first-order valence-electron chi connectivity index (χ1n) is 9.04. The summed E-state index contributed by atoms with van der Waals surface area (Å²) in [5.74, 6) is 1.23. The number of nitrogens with zero attached hydrogens (tertiary/aromatic N) is 1. The van der Waals surface area contributed by atoms with E-state index in [1.165, 1.54) is 0 Å². The number of carbonyl (C=O) groups excluding carboxylic acids is 1. The third-order valence-electron chi connectivity index (χ3n) is 4.05. The standard InChI is InChI=1S/C21H23Cl2NO4/c1-21(2,3)28-20(25)24-10-9-19(24)27-16-6-4-5-14(11-16)13-26-18-8-7-15(22)12-17(18)23/h4-8,11-12,19H,9-10,13H2,1-3H3. The van der Waals surface area contributed by atoms with Gasteiger partial charge in [-0.1, -0.05) is 35.3 Å². The van der Waals surface area contributed by atoms with E-state index in [9.17, 15) is 4.79 Å². The minimum atomic E-state index is -0.530. The zero-order valence-electron chi connectivity index (χ0n) is 16.1. The van der Waals surface area contributed by atoms with Crippen molar-refractivity contribution in [3.8, 4) is 11.5 Å². The number of benzene rings is 2. The summed E-state index contributed by atoms with van der Waals surface area (Å²) in [5, 5.41) is 1.02. The average molecular weight is 424 g/mol. The molecule has 0 aromatic heterocycles. The molecule has 150 valence electrons. The van der Waals surface area contributed by atoms with Crippen LogP contribution in [0.4, 0.5) is 4.79 Å². The van der Waals surface area contributed by atoms with Crippen LogP contribution in [-0.4, -0.2) is 29.4 Å². The molecule has 5 nitrogen and oxygen atoms in total. The van der Waals surface area contributed by atoms with Gasteiger partial charge in [0.1, 0.15) is 23.7 Å². The van der Waals surface area contributed by atoms with Gasteiger partial charge >= 0.3 is 6.09 Å². The van der Waals surface area contributed by atoms with Crippen LogP contribution in [0.15, 0.2) is 42.5 Å². The first-order valence-corrected chi connectivity index (χ1v) is 9.80. The zero-order chi connectivity index (χ0) is 20.3. The number of ether oxygens (including phenoxy) is 3. The van der Waals surface area contributed by atoms with E-state index in [1.807, 2.05) is 45.0 Å². The Kier molecular flexibility index (Phi) is 6.26. The number of hydrogen-bond acceptors (Lipinski definition) is 4. The van der Waals surface area contributed by atoms with Gasteiger partial charge in [0.15, 0.2) is 6.23 Å². The third kappa shape index (κ3) is 5.46. The molecule has 1 fully saturated rings. The second-order valence-corrected chi connectivity index (χ2v) is 8.39. The predicted octanol–water partition coefficient (Wildman–Crippen LogP) is 5.92. The lowest BCUT2D eigenvalue weighted by Crippen LogP contribution is -2.55. The summed E-state index contributed by atoms with van der Waals surface area (Å²) < 4.78 is 17.1. The first-order chi connectivity index (χ1) is 13.2. The molecule has 0 aliphatic carbocycles. The molecular formula is C21H23Cl2NO4. The molecule has 28 heavy (non-hydrogen) atoms. The maximum Gasteiger partial charge on any atom is 0.413 e. The molecule has 0 saturated carbocycles. The van der Waals surface area contributed by atoms with E-state index in [-0.39, 0.29) is 12.3 Å². The lowest BCUT2D eigenvalue weighted by molar-refractivity contribution is -0.0661. The molecule has 1 atom stereocenters. The Morgan fingerprint density at radius 3 is 2.61 bits per heavy atom. The van der Waals surface area contributed by atoms with Crippen LogP contribution in [0, 0.1) is 0 Å². The van der Waals surface area contributed by atoms with Crippen molar-refractivity contribution in [3.05, 3.63) is 58.1 Å². The topological polar surface area (TPSA) is 48.0 Å². The fourth-order valence-corrected chi connectivity index (χ4v) is 3.10. The van der Waals surface area contributed by atoms with Gasteiger partial charge in [-0.15, -0.1) is 0 Å². The van der Waals surface area contributed by atoms with Crippen molar-refractivity contribution in [2.45, 2.75) is 45.6 Å². The maximum absolute atomic E-state index is 12.2. The Labute approximate surface area is 175 Å². The van der Waals surface area contributed by atoms with E-state index in [0.29, 0.717) is 34.7 Å². The molecule has 2 aromatic carbocycles. The van der Waals surface area contributed by atoms with Gasteiger partial charge in [0.2, 0.25) is 0 Å². The second kappa shape index (κ2) is 8.50. The molecule has 0 spiro atoms. The van der Waals surface area contributed by atoms with Gasteiger partial charge in [-0.2, -0.15) is 0 Å². The van der Waals surface area contributed by atoms with E-state index in [4.69, 9.17) is 37.4 Å². The summed E-state index contributed by atoms with van der Waals surface area (Å²) in [6, 6.07) is 12.7. The summed E-state index contributed by atoms with van der Waals surface area (Å²) in [6.45, 7) is 6.49. The monoisotopic (exact) mass is 423 g/mol. The zero-order valence-corrected chi connectivity index (χ0v) is 17.6. The quantitative estimate of drug-likeness (QED) is 0.598. The second-order valence-electron chi connectivity index (χ2n) is 7.55. The van der Waals surface area contributed by atoms with Gasteiger partial charge in [0.05, 0.1) is 5.02 Å². The van der Waals surface area contributed by atoms with E-state index in [1.54, 1.807) is 23.1 Å². The normalized spacial score (nSPS) is 16.3. The Bertz CT molecular complexity index is 851. The molecule has 1 amide bonds. The minimum absolute atomic E-state index is 0.322. The molecule has 1 saturated heterocycles. The van der Waals surface area contributed by atoms with Crippen molar-refractivity contribution in [2.24, 2.45) is 0 Å². The van der Waals surface area contributed by atoms with E-state index in [0.717, 1.165) is 12.0 Å². The molecule has 7 heteroatoms. The molecule has 0 bridgehead atoms. The Morgan fingerprint density at radius 1 is 1.18 bits per heavy atom. The Morgan fingerprint density at radius 2 is 1.96 bits per heavy atom. The van der Waals surface area contributed by atoms with Crippen LogP contribution in [0.25, 0.3) is 0 Å². The largest absolute Gasteiger partial charge is 0.487 e. The SMILES string of the molecule is CC(C)(C)OC(=O)N1CCC1Oc1cccc(COc2ccc(Cl)cc2Cl)c1. The summed E-state index contributed by atoms with van der Waals surface area (Å²) >= 11 is 12.0. The van der Waals surface area contributed by atoms with Gasteiger partial charge in [0.25, 0.3) is 0 Å². The predicted molar refractivity (Wildman–Crippen MR) is 109 cm³/mol. The summed E-state index contributed by atoms with van der Waals surface area (Å²) in [6.07, 6.45) is 0.0812. The Hall–Kier alpha value is -2.11. The number of halogens is 2. The first kappa shape index (κ1) is 20.6. The molecule has 0 radical (unpaired) electrons. The average Bonchev–Trinajstić information content (AvgIpc) is 2.56. The van der Waals surface area contributed by atoms with Gasteiger partial charge in [-0.25, -0.2) is 4.79 Å². The van der Waals surface area contributed by atoms with Crippen LogP contribution in [-0.2, 0) is 11.3 Å². The maximum atomic E-state index is 12.2. The molecule has 1 unspecified atom stereocenters. The smallest absolute Gasteiger partial charge is 0.413 e. The molecule has 1 heterocycles.